The Labute approximate surface area is 162 Å². The monoisotopic (exact) mass is 376 g/mol. The van der Waals surface area contributed by atoms with Crippen molar-refractivity contribution < 1.29 is 14.3 Å². The lowest BCUT2D eigenvalue weighted by Gasteiger charge is -2.27. The lowest BCUT2D eigenvalue weighted by molar-refractivity contribution is 0.0513. The topological polar surface area (TPSA) is 77.3 Å². The number of rotatable bonds is 4. The summed E-state index contributed by atoms with van der Waals surface area (Å²) in [7, 11) is 0. The molecule has 0 atom stereocenters. The molecule has 3 heterocycles. The van der Waals surface area contributed by atoms with E-state index in [9.17, 15) is 9.59 Å². The van der Waals surface area contributed by atoms with Crippen LogP contribution in [-0.4, -0.2) is 44.7 Å². The average Bonchev–Trinajstić information content (AvgIpc) is 3.13. The van der Waals surface area contributed by atoms with Crippen LogP contribution in [0, 0.1) is 0 Å². The minimum atomic E-state index is -0.472. The molecule has 1 amide bonds. The van der Waals surface area contributed by atoms with Gasteiger partial charge in [0.2, 0.25) is 0 Å². The highest BCUT2D eigenvalue weighted by Gasteiger charge is 2.31. The zero-order valence-corrected chi connectivity index (χ0v) is 15.5. The predicted octanol–water partition coefficient (Wildman–Crippen LogP) is 2.64. The Kier molecular flexibility index (Phi) is 4.89. The molecule has 7 nitrogen and oxygen atoms in total. The van der Waals surface area contributed by atoms with Crippen molar-refractivity contribution in [2.75, 3.05) is 13.2 Å². The van der Waals surface area contributed by atoms with Gasteiger partial charge in [0.1, 0.15) is 5.69 Å². The Morgan fingerprint density at radius 3 is 2.61 bits per heavy atom. The quantitative estimate of drug-likeness (QED) is 0.654. The predicted molar refractivity (Wildman–Crippen MR) is 102 cm³/mol. The summed E-state index contributed by atoms with van der Waals surface area (Å²) in [4.78, 5) is 31.2. The summed E-state index contributed by atoms with van der Waals surface area (Å²) in [5.41, 5.74) is 3.19. The number of benzene rings is 1. The fraction of sp³-hybridized carbons (Fsp3) is 0.238. The van der Waals surface area contributed by atoms with E-state index in [0.717, 1.165) is 16.9 Å². The van der Waals surface area contributed by atoms with E-state index in [1.807, 2.05) is 30.3 Å². The minimum Gasteiger partial charge on any atom is -0.461 e. The van der Waals surface area contributed by atoms with Crippen molar-refractivity contribution in [3.63, 3.8) is 0 Å². The molecule has 0 saturated heterocycles. The van der Waals surface area contributed by atoms with Gasteiger partial charge in [-0.05, 0) is 31.2 Å². The second kappa shape index (κ2) is 7.64. The minimum absolute atomic E-state index is 0.159. The molecule has 0 spiro atoms. The molecule has 0 aliphatic carbocycles. The molecule has 0 bridgehead atoms. The number of amides is 1. The van der Waals surface area contributed by atoms with Gasteiger partial charge in [-0.25, -0.2) is 9.48 Å². The van der Waals surface area contributed by atoms with Gasteiger partial charge in [-0.2, -0.15) is 5.10 Å². The first-order chi connectivity index (χ1) is 13.7. The molecule has 0 radical (unpaired) electrons. The third-order valence-electron chi connectivity index (χ3n) is 4.70. The standard InChI is InChI=1S/C21H20N4O3/c1-2-28-21(27)19-16-14-24(20(26)17-10-6-7-12-22-17)13-11-18(16)25(23-19)15-8-4-3-5-9-15/h3-10,12H,2,11,13-14H2,1H3. The van der Waals surface area contributed by atoms with Gasteiger partial charge < -0.3 is 9.64 Å². The van der Waals surface area contributed by atoms with Crippen molar-refractivity contribution in [2.45, 2.75) is 19.9 Å². The zero-order valence-electron chi connectivity index (χ0n) is 15.5. The highest BCUT2D eigenvalue weighted by molar-refractivity contribution is 5.93. The average molecular weight is 376 g/mol. The SMILES string of the molecule is CCOC(=O)c1nn(-c2ccccc2)c2c1CN(C(=O)c1ccccn1)CC2. The molecule has 0 saturated carbocycles. The van der Waals surface area contributed by atoms with Crippen molar-refractivity contribution in [3.8, 4) is 5.69 Å². The molecule has 0 fully saturated rings. The van der Waals surface area contributed by atoms with Gasteiger partial charge in [0, 0.05) is 24.7 Å². The molecule has 2 aromatic heterocycles. The molecule has 142 valence electrons. The second-order valence-corrected chi connectivity index (χ2v) is 6.43. The summed E-state index contributed by atoms with van der Waals surface area (Å²) in [6, 6.07) is 14.9. The maximum absolute atomic E-state index is 12.8. The number of carbonyl (C=O) groups excluding carboxylic acids is 2. The molecule has 1 aliphatic heterocycles. The van der Waals surface area contributed by atoms with Crippen LogP contribution in [0.5, 0.6) is 0 Å². The van der Waals surface area contributed by atoms with Crippen LogP contribution in [-0.2, 0) is 17.7 Å². The van der Waals surface area contributed by atoms with Crippen molar-refractivity contribution >= 4 is 11.9 Å². The maximum Gasteiger partial charge on any atom is 0.359 e. The summed E-state index contributed by atoms with van der Waals surface area (Å²) >= 11 is 0. The van der Waals surface area contributed by atoms with Gasteiger partial charge in [-0.1, -0.05) is 24.3 Å². The van der Waals surface area contributed by atoms with Gasteiger partial charge in [-0.15, -0.1) is 0 Å². The van der Waals surface area contributed by atoms with Gasteiger partial charge in [0.25, 0.3) is 5.91 Å². The number of para-hydroxylation sites is 1. The van der Waals surface area contributed by atoms with E-state index in [1.54, 1.807) is 40.9 Å². The number of carbonyl (C=O) groups is 2. The number of fused-ring (bicyclic) bond motifs is 1. The van der Waals surface area contributed by atoms with Crippen molar-refractivity contribution in [1.29, 1.82) is 0 Å². The third-order valence-corrected chi connectivity index (χ3v) is 4.70. The van der Waals surface area contributed by atoms with E-state index in [1.165, 1.54) is 0 Å². The Morgan fingerprint density at radius 1 is 1.11 bits per heavy atom. The summed E-state index contributed by atoms with van der Waals surface area (Å²) in [5.74, 6) is -0.630. The lowest BCUT2D eigenvalue weighted by Crippen LogP contribution is -2.37. The van der Waals surface area contributed by atoms with Crippen LogP contribution in [0.3, 0.4) is 0 Å². The molecule has 28 heavy (non-hydrogen) atoms. The highest BCUT2D eigenvalue weighted by Crippen LogP contribution is 2.26. The Balaban J connectivity index is 1.72. The van der Waals surface area contributed by atoms with E-state index in [2.05, 4.69) is 10.1 Å². The summed E-state index contributed by atoms with van der Waals surface area (Å²) in [6.45, 7) is 2.85. The van der Waals surface area contributed by atoms with Crippen molar-refractivity contribution in [1.82, 2.24) is 19.7 Å². The molecular weight excluding hydrogens is 356 g/mol. The van der Waals surface area contributed by atoms with E-state index in [-0.39, 0.29) is 18.2 Å². The van der Waals surface area contributed by atoms with Gasteiger partial charge in [0.15, 0.2) is 5.69 Å². The normalized spacial score (nSPS) is 13.1. The molecule has 0 unspecified atom stereocenters. The highest BCUT2D eigenvalue weighted by atomic mass is 16.5. The number of hydrogen-bond donors (Lipinski definition) is 0. The summed E-state index contributed by atoms with van der Waals surface area (Å²) in [5, 5.41) is 4.54. The van der Waals surface area contributed by atoms with Crippen LogP contribution >= 0.6 is 0 Å². The van der Waals surface area contributed by atoms with Crippen molar-refractivity contribution in [3.05, 3.63) is 77.4 Å². The summed E-state index contributed by atoms with van der Waals surface area (Å²) in [6.07, 6.45) is 2.19. The largest absolute Gasteiger partial charge is 0.461 e. The summed E-state index contributed by atoms with van der Waals surface area (Å²) < 4.78 is 6.97. The van der Waals surface area contributed by atoms with Crippen LogP contribution in [0.4, 0.5) is 0 Å². The van der Waals surface area contributed by atoms with Crippen LogP contribution < -0.4 is 0 Å². The van der Waals surface area contributed by atoms with Gasteiger partial charge in [-0.3, -0.25) is 9.78 Å². The third kappa shape index (κ3) is 3.26. The fourth-order valence-corrected chi connectivity index (χ4v) is 3.39. The van der Waals surface area contributed by atoms with E-state index < -0.39 is 5.97 Å². The van der Waals surface area contributed by atoms with E-state index >= 15 is 0 Å². The molecule has 1 aromatic carbocycles. The van der Waals surface area contributed by atoms with Crippen molar-refractivity contribution in [2.24, 2.45) is 0 Å². The zero-order chi connectivity index (χ0) is 19.5. The van der Waals surface area contributed by atoms with E-state index in [0.29, 0.717) is 25.2 Å². The van der Waals surface area contributed by atoms with Crippen LogP contribution in [0.15, 0.2) is 54.7 Å². The fourth-order valence-electron chi connectivity index (χ4n) is 3.39. The Hall–Kier alpha value is -3.48. The Morgan fingerprint density at radius 2 is 1.89 bits per heavy atom. The van der Waals surface area contributed by atoms with Gasteiger partial charge >= 0.3 is 5.97 Å². The number of nitrogens with zero attached hydrogens (tertiary/aromatic N) is 4. The van der Waals surface area contributed by atoms with Gasteiger partial charge in [0.05, 0.1) is 24.5 Å². The first-order valence-electron chi connectivity index (χ1n) is 9.22. The Bertz CT molecular complexity index is 999. The second-order valence-electron chi connectivity index (χ2n) is 6.43. The number of ether oxygens (including phenoxy) is 1. The maximum atomic E-state index is 12.8. The molecule has 1 aliphatic rings. The number of hydrogen-bond acceptors (Lipinski definition) is 5. The molecule has 3 aromatic rings. The van der Waals surface area contributed by atoms with Crippen LogP contribution in [0.1, 0.15) is 39.2 Å². The lowest BCUT2D eigenvalue weighted by atomic mass is 10.0. The number of pyridine rings is 1. The first kappa shape index (κ1) is 17.9. The number of esters is 1. The molecular formula is C21H20N4O3. The van der Waals surface area contributed by atoms with Crippen LogP contribution in [0.2, 0.25) is 0 Å². The first-order valence-corrected chi connectivity index (χ1v) is 9.22. The van der Waals surface area contributed by atoms with E-state index in [4.69, 9.17) is 4.74 Å². The smallest absolute Gasteiger partial charge is 0.359 e. The molecule has 4 rings (SSSR count). The number of aromatic nitrogens is 3. The van der Waals surface area contributed by atoms with Crippen LogP contribution in [0.25, 0.3) is 5.69 Å². The molecule has 0 N–H and O–H groups in total. The molecule has 7 heteroatoms.